The van der Waals surface area contributed by atoms with Gasteiger partial charge in [0.15, 0.2) is 0 Å². The highest BCUT2D eigenvalue weighted by Gasteiger charge is 2.17. The molecule has 0 fully saturated rings. The van der Waals surface area contributed by atoms with Gasteiger partial charge in [-0.1, -0.05) is 35.9 Å². The number of tetrazole rings is 1. The largest absolute Gasteiger partial charge is 0.356 e. The Labute approximate surface area is 178 Å². The maximum absolute atomic E-state index is 12.6. The van der Waals surface area contributed by atoms with Crippen LogP contribution in [-0.2, 0) is 17.8 Å². The van der Waals surface area contributed by atoms with E-state index in [1.807, 2.05) is 48.5 Å². The maximum Gasteiger partial charge on any atom is 0.220 e. The molecule has 0 saturated carbocycles. The monoisotopic (exact) mass is 423 g/mol. The minimum absolute atomic E-state index is 0.00682. The average Bonchev–Trinajstić information content (AvgIpc) is 3.40. The molecule has 0 spiro atoms. The highest BCUT2D eigenvalue weighted by molar-refractivity contribution is 6.30. The Kier molecular flexibility index (Phi) is 6.34. The van der Waals surface area contributed by atoms with Gasteiger partial charge in [0.25, 0.3) is 0 Å². The highest BCUT2D eigenvalue weighted by atomic mass is 35.5. The van der Waals surface area contributed by atoms with Gasteiger partial charge in [0, 0.05) is 30.3 Å². The van der Waals surface area contributed by atoms with Crippen molar-refractivity contribution in [1.82, 2.24) is 35.5 Å². The minimum atomic E-state index is -0.0545. The molecule has 0 aliphatic heterocycles. The summed E-state index contributed by atoms with van der Waals surface area (Å²) in [5.74, 6) is 0.872. The van der Waals surface area contributed by atoms with E-state index in [2.05, 4.69) is 30.8 Å². The number of amides is 1. The molecule has 2 aromatic carbocycles. The van der Waals surface area contributed by atoms with E-state index in [-0.39, 0.29) is 11.8 Å². The number of nitrogens with zero attached hydrogens (tertiary/aromatic N) is 5. The van der Waals surface area contributed by atoms with Crippen LogP contribution < -0.4 is 5.32 Å². The van der Waals surface area contributed by atoms with E-state index < -0.39 is 0 Å². The van der Waals surface area contributed by atoms with E-state index in [0.717, 1.165) is 35.3 Å². The van der Waals surface area contributed by atoms with Crippen LogP contribution in [0.3, 0.4) is 0 Å². The van der Waals surface area contributed by atoms with E-state index in [1.54, 1.807) is 11.0 Å². The van der Waals surface area contributed by atoms with Crippen molar-refractivity contribution in [2.24, 2.45) is 0 Å². The fourth-order valence-electron chi connectivity index (χ4n) is 3.42. The van der Waals surface area contributed by atoms with Crippen molar-refractivity contribution in [3.63, 3.8) is 0 Å². The normalized spacial score (nSPS) is 12.2. The summed E-state index contributed by atoms with van der Waals surface area (Å²) in [5.41, 5.74) is 3.02. The summed E-state index contributed by atoms with van der Waals surface area (Å²) in [5, 5.41) is 14.9. The fourth-order valence-corrected chi connectivity index (χ4v) is 3.54. The molecule has 1 amide bonds. The third-order valence-corrected chi connectivity index (χ3v) is 5.18. The van der Waals surface area contributed by atoms with Gasteiger partial charge in [-0.15, -0.1) is 5.10 Å². The second-order valence-corrected chi connectivity index (χ2v) is 7.58. The highest BCUT2D eigenvalue weighted by Crippen LogP contribution is 2.23. The van der Waals surface area contributed by atoms with Crippen molar-refractivity contribution >= 4 is 28.5 Å². The van der Waals surface area contributed by atoms with Crippen molar-refractivity contribution in [3.05, 3.63) is 71.3 Å². The van der Waals surface area contributed by atoms with Gasteiger partial charge in [-0.3, -0.25) is 4.79 Å². The van der Waals surface area contributed by atoms with Crippen molar-refractivity contribution in [1.29, 1.82) is 0 Å². The Bertz CT molecular complexity index is 1060. The number of nitrogens with one attached hydrogen (secondary N) is 2. The molecule has 2 heterocycles. The molecule has 0 aliphatic rings. The molecular formula is C21H22ClN7O. The number of halogens is 1. The number of hydrogen-bond donors (Lipinski definition) is 2. The van der Waals surface area contributed by atoms with E-state index in [0.29, 0.717) is 24.5 Å². The third kappa shape index (κ3) is 5.21. The lowest BCUT2D eigenvalue weighted by atomic mass is 9.95. The Morgan fingerprint density at radius 3 is 2.77 bits per heavy atom. The van der Waals surface area contributed by atoms with E-state index in [9.17, 15) is 4.79 Å². The van der Waals surface area contributed by atoms with Crippen LogP contribution in [0.1, 0.15) is 30.1 Å². The molecule has 30 heavy (non-hydrogen) atoms. The maximum atomic E-state index is 12.6. The molecule has 4 aromatic rings. The summed E-state index contributed by atoms with van der Waals surface area (Å²) in [6, 6.07) is 15.5. The van der Waals surface area contributed by atoms with E-state index in [4.69, 9.17) is 11.6 Å². The lowest BCUT2D eigenvalue weighted by Crippen LogP contribution is -2.27. The van der Waals surface area contributed by atoms with Crippen molar-refractivity contribution in [2.45, 2.75) is 31.7 Å². The number of carbonyl (C=O) groups excluding carboxylic acids is 1. The molecule has 0 bridgehead atoms. The molecule has 2 aromatic heterocycles. The summed E-state index contributed by atoms with van der Waals surface area (Å²) in [6.45, 7) is 1.11. The van der Waals surface area contributed by atoms with Crippen LogP contribution in [0, 0.1) is 0 Å². The molecule has 0 aliphatic carbocycles. The van der Waals surface area contributed by atoms with Crippen LogP contribution in [0.4, 0.5) is 0 Å². The minimum Gasteiger partial charge on any atom is -0.356 e. The van der Waals surface area contributed by atoms with Crippen LogP contribution >= 0.6 is 11.6 Å². The first kappa shape index (κ1) is 20.0. The van der Waals surface area contributed by atoms with Gasteiger partial charge in [0.1, 0.15) is 12.2 Å². The number of fused-ring (bicyclic) bond motifs is 1. The molecule has 0 saturated heterocycles. The summed E-state index contributed by atoms with van der Waals surface area (Å²) in [7, 11) is 0. The van der Waals surface area contributed by atoms with E-state index >= 15 is 0 Å². The molecule has 4 rings (SSSR count). The summed E-state index contributed by atoms with van der Waals surface area (Å²) >= 11 is 6.00. The molecular weight excluding hydrogens is 402 g/mol. The number of H-pyrrole nitrogens is 1. The number of carbonyl (C=O) groups is 1. The third-order valence-electron chi connectivity index (χ3n) is 4.92. The predicted molar refractivity (Wildman–Crippen MR) is 114 cm³/mol. The quantitative estimate of drug-likeness (QED) is 0.403. The molecule has 0 unspecified atom stereocenters. The van der Waals surface area contributed by atoms with Crippen molar-refractivity contribution in [2.75, 3.05) is 6.54 Å². The van der Waals surface area contributed by atoms with Gasteiger partial charge >= 0.3 is 0 Å². The van der Waals surface area contributed by atoms with Crippen LogP contribution in [0.2, 0.25) is 5.02 Å². The first-order valence-corrected chi connectivity index (χ1v) is 10.2. The lowest BCUT2D eigenvalue weighted by molar-refractivity contribution is -0.121. The zero-order chi connectivity index (χ0) is 20.8. The van der Waals surface area contributed by atoms with Gasteiger partial charge in [0.05, 0.1) is 17.6 Å². The number of rotatable bonds is 9. The number of aryl methyl sites for hydroxylation is 1. The van der Waals surface area contributed by atoms with Crippen LogP contribution in [-0.4, -0.2) is 42.6 Å². The SMILES string of the molecule is O=C(C[C@H](Cn1cnnn1)c1ccc(Cl)cc1)NCCCc1nc2ccccc2[nH]1. The fraction of sp³-hybridized carbons (Fsp3) is 0.286. The molecule has 2 N–H and O–H groups in total. The van der Waals surface area contributed by atoms with E-state index in [1.165, 1.54) is 0 Å². The van der Waals surface area contributed by atoms with Crippen molar-refractivity contribution in [3.8, 4) is 0 Å². The molecule has 9 heteroatoms. The Morgan fingerprint density at radius 1 is 1.17 bits per heavy atom. The van der Waals surface area contributed by atoms with Crippen LogP contribution in [0.15, 0.2) is 54.9 Å². The van der Waals surface area contributed by atoms with Gasteiger partial charge in [0.2, 0.25) is 5.91 Å². The molecule has 0 radical (unpaired) electrons. The summed E-state index contributed by atoms with van der Waals surface area (Å²) in [4.78, 5) is 20.4. The first-order chi connectivity index (χ1) is 14.7. The Morgan fingerprint density at radius 2 is 2.00 bits per heavy atom. The number of aromatic nitrogens is 6. The van der Waals surface area contributed by atoms with Gasteiger partial charge in [-0.05, 0) is 46.7 Å². The first-order valence-electron chi connectivity index (χ1n) is 9.84. The predicted octanol–water partition coefficient (Wildman–Crippen LogP) is 3.13. The second-order valence-electron chi connectivity index (χ2n) is 7.14. The zero-order valence-electron chi connectivity index (χ0n) is 16.3. The summed E-state index contributed by atoms with van der Waals surface area (Å²) in [6.07, 6.45) is 3.48. The summed E-state index contributed by atoms with van der Waals surface area (Å²) < 4.78 is 1.63. The standard InChI is InChI=1S/C21H22ClN7O/c22-17-9-7-15(8-10-17)16(13-29-14-24-27-28-29)12-21(30)23-11-3-6-20-25-18-4-1-2-5-19(18)26-20/h1-2,4-5,7-10,14,16H,3,6,11-13H2,(H,23,30)(H,25,26)/t16-/m1/s1. The number of imidazole rings is 1. The van der Waals surface area contributed by atoms with Gasteiger partial charge in [-0.25, -0.2) is 9.67 Å². The van der Waals surface area contributed by atoms with Crippen LogP contribution in [0.25, 0.3) is 11.0 Å². The molecule has 1 atom stereocenters. The molecule has 8 nitrogen and oxygen atoms in total. The average molecular weight is 424 g/mol. The van der Waals surface area contributed by atoms with Gasteiger partial charge < -0.3 is 10.3 Å². The van der Waals surface area contributed by atoms with Gasteiger partial charge in [-0.2, -0.15) is 0 Å². The topological polar surface area (TPSA) is 101 Å². The van der Waals surface area contributed by atoms with Crippen LogP contribution in [0.5, 0.6) is 0 Å². The number of benzene rings is 2. The lowest BCUT2D eigenvalue weighted by Gasteiger charge is -2.17. The Hall–Kier alpha value is -3.26. The van der Waals surface area contributed by atoms with Crippen molar-refractivity contribution < 1.29 is 4.79 Å². The number of hydrogen-bond acceptors (Lipinski definition) is 5. The zero-order valence-corrected chi connectivity index (χ0v) is 17.1. The number of aromatic amines is 1. The number of para-hydroxylation sites is 2. The second kappa shape index (κ2) is 9.49. The Balaban J connectivity index is 1.30. The molecule has 154 valence electrons. The smallest absolute Gasteiger partial charge is 0.220 e.